The second-order valence-electron chi connectivity index (χ2n) is 3.77. The number of nitrogens with zero attached hydrogens (tertiary/aromatic N) is 2. The Morgan fingerprint density at radius 3 is 3.06 bits per heavy atom. The maximum absolute atomic E-state index is 4.43. The zero-order chi connectivity index (χ0) is 11.4. The average Bonchev–Trinajstić information content (AvgIpc) is 2.89. The van der Waals surface area contributed by atoms with Crippen LogP contribution in [-0.2, 0) is 13.1 Å². The topological polar surface area (TPSA) is 29.9 Å². The van der Waals surface area contributed by atoms with Crippen LogP contribution in [0.5, 0.6) is 0 Å². The van der Waals surface area contributed by atoms with E-state index in [4.69, 9.17) is 0 Å². The van der Waals surface area contributed by atoms with Crippen LogP contribution in [0.25, 0.3) is 0 Å². The SMILES string of the molecule is CCNCc1cnn(Cc2cccs2)c1C. The lowest BCUT2D eigenvalue weighted by atomic mass is 10.2. The van der Waals surface area contributed by atoms with Crippen molar-refractivity contribution < 1.29 is 0 Å². The Morgan fingerprint density at radius 1 is 1.50 bits per heavy atom. The Hall–Kier alpha value is -1.13. The highest BCUT2D eigenvalue weighted by atomic mass is 32.1. The third kappa shape index (κ3) is 2.51. The van der Waals surface area contributed by atoms with Gasteiger partial charge >= 0.3 is 0 Å². The highest BCUT2D eigenvalue weighted by Gasteiger charge is 2.06. The van der Waals surface area contributed by atoms with Crippen LogP contribution in [-0.4, -0.2) is 16.3 Å². The Labute approximate surface area is 100 Å². The molecule has 0 atom stereocenters. The van der Waals surface area contributed by atoms with E-state index in [1.165, 1.54) is 16.1 Å². The second kappa shape index (κ2) is 5.27. The van der Waals surface area contributed by atoms with Crippen molar-refractivity contribution in [2.45, 2.75) is 26.9 Å². The largest absolute Gasteiger partial charge is 0.313 e. The van der Waals surface area contributed by atoms with Gasteiger partial charge in [0.25, 0.3) is 0 Å². The van der Waals surface area contributed by atoms with Gasteiger partial charge in [-0.05, 0) is 24.9 Å². The minimum Gasteiger partial charge on any atom is -0.313 e. The molecule has 0 aliphatic rings. The van der Waals surface area contributed by atoms with Crippen LogP contribution in [0, 0.1) is 6.92 Å². The summed E-state index contributed by atoms with van der Waals surface area (Å²) in [4.78, 5) is 1.35. The summed E-state index contributed by atoms with van der Waals surface area (Å²) in [5.41, 5.74) is 2.55. The minimum absolute atomic E-state index is 0.885. The molecule has 0 bridgehead atoms. The van der Waals surface area contributed by atoms with Crippen molar-refractivity contribution in [1.29, 1.82) is 0 Å². The highest BCUT2D eigenvalue weighted by Crippen LogP contribution is 2.13. The molecule has 0 saturated heterocycles. The first-order chi connectivity index (χ1) is 7.81. The molecule has 1 N–H and O–H groups in total. The smallest absolute Gasteiger partial charge is 0.0755 e. The summed E-state index contributed by atoms with van der Waals surface area (Å²) in [6.45, 7) is 7.04. The molecule has 2 rings (SSSR count). The van der Waals surface area contributed by atoms with Gasteiger partial charge in [-0.15, -0.1) is 11.3 Å². The molecule has 2 aromatic heterocycles. The number of nitrogens with one attached hydrogen (secondary N) is 1. The molecule has 3 nitrogen and oxygen atoms in total. The van der Waals surface area contributed by atoms with Crippen molar-refractivity contribution in [2.24, 2.45) is 0 Å². The molecule has 0 amide bonds. The standard InChI is InChI=1S/C12H17N3S/c1-3-13-7-11-8-14-15(10(11)2)9-12-5-4-6-16-12/h4-6,8,13H,3,7,9H2,1-2H3. The number of aromatic nitrogens is 2. The first-order valence-corrected chi connectivity index (χ1v) is 6.43. The molecule has 2 heterocycles. The van der Waals surface area contributed by atoms with Gasteiger partial charge in [0, 0.05) is 22.7 Å². The van der Waals surface area contributed by atoms with E-state index in [0.717, 1.165) is 19.6 Å². The number of hydrogen-bond acceptors (Lipinski definition) is 3. The maximum Gasteiger partial charge on any atom is 0.0755 e. The van der Waals surface area contributed by atoms with E-state index in [-0.39, 0.29) is 0 Å². The van der Waals surface area contributed by atoms with Crippen LogP contribution < -0.4 is 5.32 Å². The molecule has 0 radical (unpaired) electrons. The van der Waals surface area contributed by atoms with Gasteiger partial charge in [0.1, 0.15) is 0 Å². The van der Waals surface area contributed by atoms with Crippen LogP contribution in [0.1, 0.15) is 23.1 Å². The van der Waals surface area contributed by atoms with Gasteiger partial charge < -0.3 is 5.32 Å². The Kier molecular flexibility index (Phi) is 3.74. The van der Waals surface area contributed by atoms with Crippen molar-refractivity contribution in [3.8, 4) is 0 Å². The fourth-order valence-corrected chi connectivity index (χ4v) is 2.31. The predicted octanol–water partition coefficient (Wildman–Crippen LogP) is 2.41. The van der Waals surface area contributed by atoms with Crippen LogP contribution in [0.3, 0.4) is 0 Å². The lowest BCUT2D eigenvalue weighted by Crippen LogP contribution is -2.12. The lowest BCUT2D eigenvalue weighted by Gasteiger charge is -2.04. The summed E-state index contributed by atoms with van der Waals surface area (Å²) in [5, 5.41) is 9.86. The second-order valence-corrected chi connectivity index (χ2v) is 4.80. The normalized spacial score (nSPS) is 10.9. The third-order valence-corrected chi connectivity index (χ3v) is 3.52. The summed E-state index contributed by atoms with van der Waals surface area (Å²) in [6, 6.07) is 4.23. The quantitative estimate of drug-likeness (QED) is 0.862. The van der Waals surface area contributed by atoms with E-state index in [1.54, 1.807) is 11.3 Å². The van der Waals surface area contributed by atoms with Crippen molar-refractivity contribution >= 4 is 11.3 Å². The Morgan fingerprint density at radius 2 is 2.38 bits per heavy atom. The molecule has 4 heteroatoms. The molecule has 16 heavy (non-hydrogen) atoms. The molecular formula is C12H17N3S. The molecule has 86 valence electrons. The number of hydrogen-bond donors (Lipinski definition) is 1. The van der Waals surface area contributed by atoms with Crippen LogP contribution >= 0.6 is 11.3 Å². The van der Waals surface area contributed by atoms with E-state index in [2.05, 4.69) is 46.5 Å². The molecule has 0 spiro atoms. The van der Waals surface area contributed by atoms with E-state index in [9.17, 15) is 0 Å². The summed E-state index contributed by atoms with van der Waals surface area (Å²) < 4.78 is 2.07. The van der Waals surface area contributed by atoms with E-state index in [1.807, 2.05) is 6.20 Å². The maximum atomic E-state index is 4.43. The molecular weight excluding hydrogens is 218 g/mol. The van der Waals surface area contributed by atoms with Gasteiger partial charge in [-0.25, -0.2) is 0 Å². The van der Waals surface area contributed by atoms with Gasteiger partial charge in [0.2, 0.25) is 0 Å². The van der Waals surface area contributed by atoms with Crippen LogP contribution in [0.4, 0.5) is 0 Å². The lowest BCUT2D eigenvalue weighted by molar-refractivity contribution is 0.665. The molecule has 0 unspecified atom stereocenters. The molecule has 0 fully saturated rings. The number of rotatable bonds is 5. The van der Waals surface area contributed by atoms with Crippen LogP contribution in [0.15, 0.2) is 23.7 Å². The van der Waals surface area contributed by atoms with Gasteiger partial charge in [0.05, 0.1) is 12.7 Å². The molecule has 0 aliphatic carbocycles. The van der Waals surface area contributed by atoms with E-state index < -0.39 is 0 Å². The number of thiophene rings is 1. The van der Waals surface area contributed by atoms with Crippen molar-refractivity contribution in [2.75, 3.05) is 6.54 Å². The Balaban J connectivity index is 2.08. The van der Waals surface area contributed by atoms with Gasteiger partial charge in [0.15, 0.2) is 0 Å². The van der Waals surface area contributed by atoms with Gasteiger partial charge in [-0.3, -0.25) is 4.68 Å². The molecule has 2 aromatic rings. The molecule has 0 saturated carbocycles. The van der Waals surface area contributed by atoms with E-state index >= 15 is 0 Å². The van der Waals surface area contributed by atoms with E-state index in [0.29, 0.717) is 0 Å². The van der Waals surface area contributed by atoms with Crippen molar-refractivity contribution in [3.63, 3.8) is 0 Å². The monoisotopic (exact) mass is 235 g/mol. The van der Waals surface area contributed by atoms with Crippen molar-refractivity contribution in [1.82, 2.24) is 15.1 Å². The summed E-state index contributed by atoms with van der Waals surface area (Å²) in [7, 11) is 0. The van der Waals surface area contributed by atoms with Crippen LogP contribution in [0.2, 0.25) is 0 Å². The molecule has 0 aromatic carbocycles. The summed E-state index contributed by atoms with van der Waals surface area (Å²) in [6.07, 6.45) is 1.96. The zero-order valence-electron chi connectivity index (χ0n) is 9.73. The third-order valence-electron chi connectivity index (χ3n) is 2.66. The minimum atomic E-state index is 0.885. The van der Waals surface area contributed by atoms with Gasteiger partial charge in [-0.1, -0.05) is 13.0 Å². The van der Waals surface area contributed by atoms with Gasteiger partial charge in [-0.2, -0.15) is 5.10 Å². The highest BCUT2D eigenvalue weighted by molar-refractivity contribution is 7.09. The van der Waals surface area contributed by atoms with Crippen molar-refractivity contribution in [3.05, 3.63) is 39.8 Å². The fourth-order valence-electron chi connectivity index (χ4n) is 1.63. The summed E-state index contributed by atoms with van der Waals surface area (Å²) >= 11 is 1.78. The summed E-state index contributed by atoms with van der Waals surface area (Å²) in [5.74, 6) is 0. The first-order valence-electron chi connectivity index (χ1n) is 5.55. The predicted molar refractivity (Wildman–Crippen MR) is 67.8 cm³/mol. The fraction of sp³-hybridized carbons (Fsp3) is 0.417. The average molecular weight is 235 g/mol. The Bertz CT molecular complexity index is 431. The first kappa shape index (κ1) is 11.4. The molecule has 0 aliphatic heterocycles. The zero-order valence-corrected chi connectivity index (χ0v) is 10.5.